The van der Waals surface area contributed by atoms with Crippen LogP contribution < -0.4 is 10.1 Å². The van der Waals surface area contributed by atoms with Gasteiger partial charge in [0, 0.05) is 6.61 Å². The first-order valence-electron chi connectivity index (χ1n) is 7.67. The molecule has 0 saturated heterocycles. The number of methoxy groups -OCH3 is 1. The van der Waals surface area contributed by atoms with Gasteiger partial charge in [0.2, 0.25) is 0 Å². The van der Waals surface area contributed by atoms with E-state index >= 15 is 0 Å². The highest BCUT2D eigenvalue weighted by molar-refractivity contribution is 5.40. The molecule has 1 N–H and O–H groups in total. The van der Waals surface area contributed by atoms with Crippen molar-refractivity contribution in [1.82, 2.24) is 5.32 Å². The highest BCUT2D eigenvalue weighted by Crippen LogP contribution is 2.34. The fraction of sp³-hybridized carbons (Fsp3) is 0.647. The Bertz CT molecular complexity index is 431. The molecule has 2 rings (SSSR count). The van der Waals surface area contributed by atoms with Gasteiger partial charge in [0.25, 0.3) is 0 Å². The fourth-order valence-electron chi connectivity index (χ4n) is 2.84. The molecule has 0 fully saturated rings. The van der Waals surface area contributed by atoms with Crippen molar-refractivity contribution in [3.63, 3.8) is 0 Å². The molecule has 0 aliphatic heterocycles. The second kappa shape index (κ2) is 7.09. The van der Waals surface area contributed by atoms with Gasteiger partial charge in [-0.15, -0.1) is 0 Å². The summed E-state index contributed by atoms with van der Waals surface area (Å²) in [6.45, 7) is 8.31. The third kappa shape index (κ3) is 3.53. The van der Waals surface area contributed by atoms with Crippen LogP contribution in [0.4, 0.5) is 0 Å². The number of ether oxygens (including phenoxy) is 2. The van der Waals surface area contributed by atoms with Crippen LogP contribution in [0.1, 0.15) is 44.4 Å². The van der Waals surface area contributed by atoms with E-state index in [4.69, 9.17) is 9.47 Å². The van der Waals surface area contributed by atoms with E-state index in [2.05, 4.69) is 44.3 Å². The highest BCUT2D eigenvalue weighted by atomic mass is 16.5. The lowest BCUT2D eigenvalue weighted by molar-refractivity contribution is 0.00213. The van der Waals surface area contributed by atoms with Crippen molar-refractivity contribution in [2.75, 3.05) is 20.3 Å². The topological polar surface area (TPSA) is 30.5 Å². The van der Waals surface area contributed by atoms with Crippen molar-refractivity contribution in [3.8, 4) is 5.75 Å². The molecule has 2 unspecified atom stereocenters. The van der Waals surface area contributed by atoms with Gasteiger partial charge >= 0.3 is 0 Å². The molecule has 0 aromatic heterocycles. The normalized spacial score (nSPS) is 21.9. The minimum atomic E-state index is 0.261. The molecule has 2 atom stereocenters. The zero-order chi connectivity index (χ0) is 14.5. The Balaban J connectivity index is 2.21. The van der Waals surface area contributed by atoms with Gasteiger partial charge in [-0.05, 0) is 48.6 Å². The van der Waals surface area contributed by atoms with Gasteiger partial charge in [0.05, 0.1) is 19.3 Å². The lowest BCUT2D eigenvalue weighted by Crippen LogP contribution is -2.38. The summed E-state index contributed by atoms with van der Waals surface area (Å²) < 4.78 is 11.5. The molecule has 0 bridgehead atoms. The Morgan fingerprint density at radius 3 is 2.80 bits per heavy atom. The summed E-state index contributed by atoms with van der Waals surface area (Å²) in [6.07, 6.45) is 2.44. The molecule has 112 valence electrons. The van der Waals surface area contributed by atoms with E-state index in [9.17, 15) is 0 Å². The molecule has 0 spiro atoms. The number of aryl methyl sites for hydroxylation is 1. The number of hydrogen-bond acceptors (Lipinski definition) is 3. The zero-order valence-electron chi connectivity index (χ0n) is 13.1. The molecule has 0 heterocycles. The van der Waals surface area contributed by atoms with Crippen LogP contribution >= 0.6 is 0 Å². The Hall–Kier alpha value is -1.06. The SMILES string of the molecule is CCNC1c2cc(OC)ccc2CCC1OCC(C)C. The largest absolute Gasteiger partial charge is 0.497 e. The van der Waals surface area contributed by atoms with Gasteiger partial charge in [0.15, 0.2) is 0 Å². The van der Waals surface area contributed by atoms with Gasteiger partial charge < -0.3 is 14.8 Å². The summed E-state index contributed by atoms with van der Waals surface area (Å²) in [7, 11) is 1.72. The Morgan fingerprint density at radius 1 is 1.35 bits per heavy atom. The van der Waals surface area contributed by atoms with Crippen LogP contribution in [0.15, 0.2) is 18.2 Å². The van der Waals surface area contributed by atoms with Crippen LogP contribution in [0.5, 0.6) is 5.75 Å². The number of hydrogen-bond donors (Lipinski definition) is 1. The fourth-order valence-corrected chi connectivity index (χ4v) is 2.84. The van der Waals surface area contributed by atoms with E-state index in [1.54, 1.807) is 7.11 Å². The van der Waals surface area contributed by atoms with Gasteiger partial charge in [-0.3, -0.25) is 0 Å². The summed E-state index contributed by atoms with van der Waals surface area (Å²) in [5, 5.41) is 3.59. The van der Waals surface area contributed by atoms with Crippen molar-refractivity contribution in [1.29, 1.82) is 0 Å². The molecule has 1 aliphatic rings. The second-order valence-electron chi connectivity index (χ2n) is 5.90. The summed E-state index contributed by atoms with van der Waals surface area (Å²) in [4.78, 5) is 0. The Kier molecular flexibility index (Phi) is 5.44. The third-order valence-corrected chi connectivity index (χ3v) is 3.83. The zero-order valence-corrected chi connectivity index (χ0v) is 13.1. The van der Waals surface area contributed by atoms with Crippen LogP contribution in [0, 0.1) is 5.92 Å². The second-order valence-corrected chi connectivity index (χ2v) is 5.90. The van der Waals surface area contributed by atoms with Crippen LogP contribution in [0.2, 0.25) is 0 Å². The Morgan fingerprint density at radius 2 is 2.15 bits per heavy atom. The van der Waals surface area contributed by atoms with Crippen molar-refractivity contribution >= 4 is 0 Å². The number of rotatable bonds is 6. The summed E-state index contributed by atoms with van der Waals surface area (Å²) in [5.41, 5.74) is 2.76. The number of fused-ring (bicyclic) bond motifs is 1. The molecule has 0 saturated carbocycles. The van der Waals surface area contributed by atoms with Crippen molar-refractivity contribution < 1.29 is 9.47 Å². The Labute approximate surface area is 122 Å². The maximum absolute atomic E-state index is 6.14. The van der Waals surface area contributed by atoms with E-state index in [0.29, 0.717) is 5.92 Å². The standard InChI is InChI=1S/C17H27NO2/c1-5-18-17-15-10-14(19-4)8-6-13(15)7-9-16(17)20-11-12(2)3/h6,8,10,12,16-18H,5,7,9,11H2,1-4H3. The highest BCUT2D eigenvalue weighted by Gasteiger charge is 2.30. The maximum Gasteiger partial charge on any atom is 0.119 e. The van der Waals surface area contributed by atoms with Gasteiger partial charge in [0.1, 0.15) is 5.75 Å². The molecule has 1 aromatic rings. The van der Waals surface area contributed by atoms with Crippen molar-refractivity contribution in [2.24, 2.45) is 5.92 Å². The quantitative estimate of drug-likeness (QED) is 0.865. The minimum absolute atomic E-state index is 0.261. The monoisotopic (exact) mass is 277 g/mol. The van der Waals surface area contributed by atoms with Crippen molar-refractivity contribution in [2.45, 2.75) is 45.8 Å². The van der Waals surface area contributed by atoms with E-state index in [0.717, 1.165) is 31.7 Å². The predicted molar refractivity (Wildman–Crippen MR) is 82.3 cm³/mol. The number of likely N-dealkylation sites (N-methyl/N-ethyl adjacent to an activating group) is 1. The molecule has 20 heavy (non-hydrogen) atoms. The molecule has 1 aliphatic carbocycles. The lowest BCUT2D eigenvalue weighted by atomic mass is 9.85. The van der Waals surface area contributed by atoms with Crippen LogP contribution in [0.3, 0.4) is 0 Å². The third-order valence-electron chi connectivity index (χ3n) is 3.83. The summed E-state index contributed by atoms with van der Waals surface area (Å²) in [5.74, 6) is 1.50. The van der Waals surface area contributed by atoms with Crippen LogP contribution in [-0.2, 0) is 11.2 Å². The van der Waals surface area contributed by atoms with E-state index in [1.807, 2.05) is 0 Å². The van der Waals surface area contributed by atoms with Gasteiger partial charge in [-0.25, -0.2) is 0 Å². The van der Waals surface area contributed by atoms with Gasteiger partial charge in [-0.2, -0.15) is 0 Å². The lowest BCUT2D eigenvalue weighted by Gasteiger charge is -2.34. The average molecular weight is 277 g/mol. The van der Waals surface area contributed by atoms with Gasteiger partial charge in [-0.1, -0.05) is 26.8 Å². The molecule has 0 radical (unpaired) electrons. The summed E-state index contributed by atoms with van der Waals surface area (Å²) in [6, 6.07) is 6.68. The first-order valence-corrected chi connectivity index (χ1v) is 7.67. The molecular formula is C17H27NO2. The maximum atomic E-state index is 6.14. The van der Waals surface area contributed by atoms with E-state index < -0.39 is 0 Å². The first-order chi connectivity index (χ1) is 9.65. The predicted octanol–water partition coefficient (Wildman–Crippen LogP) is 3.33. The minimum Gasteiger partial charge on any atom is -0.497 e. The van der Waals surface area contributed by atoms with Crippen LogP contribution in [0.25, 0.3) is 0 Å². The molecule has 3 nitrogen and oxygen atoms in total. The smallest absolute Gasteiger partial charge is 0.119 e. The number of nitrogens with one attached hydrogen (secondary N) is 1. The summed E-state index contributed by atoms with van der Waals surface area (Å²) >= 11 is 0. The van der Waals surface area contributed by atoms with Crippen LogP contribution in [-0.4, -0.2) is 26.4 Å². The van der Waals surface area contributed by atoms with E-state index in [1.165, 1.54) is 11.1 Å². The number of benzene rings is 1. The van der Waals surface area contributed by atoms with E-state index in [-0.39, 0.29) is 12.1 Å². The molecule has 1 aromatic carbocycles. The van der Waals surface area contributed by atoms with Crippen molar-refractivity contribution in [3.05, 3.63) is 29.3 Å². The molecule has 3 heteroatoms. The average Bonchev–Trinajstić information content (AvgIpc) is 2.46. The first kappa shape index (κ1) is 15.3. The molecule has 0 amide bonds. The molecular weight excluding hydrogens is 250 g/mol.